The van der Waals surface area contributed by atoms with E-state index in [4.69, 9.17) is 0 Å². The molecule has 1 aliphatic heterocycles. The number of aromatic nitrogens is 2. The topological polar surface area (TPSA) is 29.0 Å². The van der Waals surface area contributed by atoms with Crippen LogP contribution in [0.25, 0.3) is 10.9 Å². The van der Waals surface area contributed by atoms with Crippen molar-refractivity contribution >= 4 is 32.7 Å². The highest BCUT2D eigenvalue weighted by molar-refractivity contribution is 9.10. The number of nitrogens with zero attached hydrogens (tertiary/aromatic N) is 3. The molecule has 0 spiro atoms. The van der Waals surface area contributed by atoms with Crippen LogP contribution in [0.2, 0.25) is 0 Å². The molecule has 2 heterocycles. The number of rotatable bonds is 1. The summed E-state index contributed by atoms with van der Waals surface area (Å²) in [4.78, 5) is 8.93. The standard InChI is InChI=1S/C14H10BrF6N3/c15-8-1-2-10-9(5-8)11(23-7-22-10)24-4-3-12(6-24,13(16,17)18)14(19,20)21/h1-2,5,7H,3-4,6H2. The van der Waals surface area contributed by atoms with Crippen LogP contribution in [0.15, 0.2) is 29.0 Å². The minimum Gasteiger partial charge on any atom is -0.355 e. The molecule has 0 saturated carbocycles. The largest absolute Gasteiger partial charge is 0.404 e. The van der Waals surface area contributed by atoms with Gasteiger partial charge < -0.3 is 4.90 Å². The molecule has 1 saturated heterocycles. The smallest absolute Gasteiger partial charge is 0.355 e. The first-order valence-electron chi connectivity index (χ1n) is 6.84. The van der Waals surface area contributed by atoms with Crippen molar-refractivity contribution in [2.75, 3.05) is 18.0 Å². The van der Waals surface area contributed by atoms with Gasteiger partial charge in [0, 0.05) is 22.9 Å². The molecule has 10 heteroatoms. The molecule has 0 unspecified atom stereocenters. The van der Waals surface area contributed by atoms with Crippen molar-refractivity contribution in [3.8, 4) is 0 Å². The Morgan fingerprint density at radius 3 is 2.29 bits per heavy atom. The lowest BCUT2D eigenvalue weighted by atomic mass is 9.85. The summed E-state index contributed by atoms with van der Waals surface area (Å²) < 4.78 is 79.8. The summed E-state index contributed by atoms with van der Waals surface area (Å²) in [5.74, 6) is 0.0664. The number of fused-ring (bicyclic) bond motifs is 1. The van der Waals surface area contributed by atoms with Crippen molar-refractivity contribution in [3.05, 3.63) is 29.0 Å². The van der Waals surface area contributed by atoms with Crippen molar-refractivity contribution < 1.29 is 26.3 Å². The molecule has 130 valence electrons. The van der Waals surface area contributed by atoms with Gasteiger partial charge in [0.1, 0.15) is 12.1 Å². The maximum Gasteiger partial charge on any atom is 0.404 e. The summed E-state index contributed by atoms with van der Waals surface area (Å²) in [5.41, 5.74) is -3.30. The molecule has 0 aliphatic carbocycles. The fourth-order valence-corrected chi connectivity index (χ4v) is 3.24. The Labute approximate surface area is 140 Å². The molecule has 1 fully saturated rings. The van der Waals surface area contributed by atoms with E-state index in [0.717, 1.165) is 11.2 Å². The Kier molecular flexibility index (Phi) is 3.93. The van der Waals surface area contributed by atoms with Crippen LogP contribution in [-0.4, -0.2) is 35.4 Å². The highest BCUT2D eigenvalue weighted by Crippen LogP contribution is 2.56. The summed E-state index contributed by atoms with van der Waals surface area (Å²) >= 11 is 3.23. The summed E-state index contributed by atoms with van der Waals surface area (Å²) in [7, 11) is 0. The first kappa shape index (κ1) is 17.2. The van der Waals surface area contributed by atoms with Gasteiger partial charge in [0.05, 0.1) is 5.52 Å². The molecule has 0 atom stereocenters. The van der Waals surface area contributed by atoms with Crippen LogP contribution >= 0.6 is 15.9 Å². The van der Waals surface area contributed by atoms with Crippen LogP contribution in [0.5, 0.6) is 0 Å². The molecular weight excluding hydrogens is 404 g/mol. The molecule has 3 nitrogen and oxygen atoms in total. The van der Waals surface area contributed by atoms with E-state index in [1.54, 1.807) is 18.2 Å². The lowest BCUT2D eigenvalue weighted by Gasteiger charge is -2.33. The number of alkyl halides is 6. The molecule has 0 N–H and O–H groups in total. The van der Waals surface area contributed by atoms with Crippen molar-refractivity contribution in [2.45, 2.75) is 18.8 Å². The first-order valence-corrected chi connectivity index (χ1v) is 7.63. The van der Waals surface area contributed by atoms with E-state index in [9.17, 15) is 26.3 Å². The third kappa shape index (κ3) is 2.60. The lowest BCUT2D eigenvalue weighted by Crippen LogP contribution is -2.51. The number of hydrogen-bond donors (Lipinski definition) is 0. The van der Waals surface area contributed by atoms with Gasteiger partial charge in [-0.25, -0.2) is 9.97 Å². The van der Waals surface area contributed by atoms with Crippen molar-refractivity contribution in [3.63, 3.8) is 0 Å². The summed E-state index contributed by atoms with van der Waals surface area (Å²) in [6, 6.07) is 4.87. The van der Waals surface area contributed by atoms with Gasteiger partial charge in [0.2, 0.25) is 0 Å². The van der Waals surface area contributed by atoms with Crippen LogP contribution in [0.3, 0.4) is 0 Å². The second kappa shape index (κ2) is 5.47. The van der Waals surface area contributed by atoms with Gasteiger partial charge >= 0.3 is 12.4 Å². The van der Waals surface area contributed by atoms with Gasteiger partial charge in [-0.1, -0.05) is 15.9 Å². The fourth-order valence-electron chi connectivity index (χ4n) is 2.88. The third-order valence-corrected chi connectivity index (χ3v) is 4.72. The SMILES string of the molecule is FC(F)(F)C1(C(F)(F)F)CCN(c2ncnc3ccc(Br)cc23)C1. The molecule has 1 aliphatic rings. The van der Waals surface area contributed by atoms with E-state index in [1.807, 2.05) is 0 Å². The Bertz CT molecular complexity index is 759. The normalized spacial score (nSPS) is 18.4. The molecule has 1 aromatic heterocycles. The predicted octanol–water partition coefficient (Wildman–Crippen LogP) is 4.71. The Morgan fingerprint density at radius 2 is 1.71 bits per heavy atom. The van der Waals surface area contributed by atoms with Gasteiger partial charge in [0.15, 0.2) is 5.41 Å². The van der Waals surface area contributed by atoms with E-state index >= 15 is 0 Å². The van der Waals surface area contributed by atoms with E-state index in [1.165, 1.54) is 0 Å². The monoisotopic (exact) mass is 413 g/mol. The van der Waals surface area contributed by atoms with Gasteiger partial charge in [0.25, 0.3) is 0 Å². The number of benzene rings is 1. The second-order valence-electron chi connectivity index (χ2n) is 5.61. The summed E-state index contributed by atoms with van der Waals surface area (Å²) in [5, 5.41) is 0.395. The van der Waals surface area contributed by atoms with Crippen LogP contribution in [0, 0.1) is 5.41 Å². The van der Waals surface area contributed by atoms with Crippen LogP contribution in [-0.2, 0) is 0 Å². The number of anilines is 1. The van der Waals surface area contributed by atoms with Crippen molar-refractivity contribution in [1.29, 1.82) is 0 Å². The quantitative estimate of drug-likeness (QED) is 0.633. The number of hydrogen-bond acceptors (Lipinski definition) is 3. The molecular formula is C14H10BrF6N3. The fraction of sp³-hybridized carbons (Fsp3) is 0.429. The minimum atomic E-state index is -5.39. The molecule has 0 bridgehead atoms. The Morgan fingerprint density at radius 1 is 1.04 bits per heavy atom. The maximum atomic E-state index is 13.2. The predicted molar refractivity (Wildman–Crippen MR) is 78.6 cm³/mol. The maximum absolute atomic E-state index is 13.2. The van der Waals surface area contributed by atoms with Gasteiger partial charge in [-0.3, -0.25) is 0 Å². The molecule has 0 amide bonds. The zero-order chi connectivity index (χ0) is 17.8. The van der Waals surface area contributed by atoms with Crippen LogP contribution < -0.4 is 4.90 Å². The zero-order valence-corrected chi connectivity index (χ0v) is 13.5. The highest BCUT2D eigenvalue weighted by Gasteiger charge is 2.72. The summed E-state index contributed by atoms with van der Waals surface area (Å²) in [6.07, 6.45) is -10.7. The Hall–Kier alpha value is -1.58. The van der Waals surface area contributed by atoms with E-state index in [-0.39, 0.29) is 5.82 Å². The number of halogens is 7. The molecule has 24 heavy (non-hydrogen) atoms. The molecule has 2 aromatic rings. The average molecular weight is 414 g/mol. The van der Waals surface area contributed by atoms with Crippen molar-refractivity contribution in [2.24, 2.45) is 5.41 Å². The molecule has 1 aromatic carbocycles. The minimum absolute atomic E-state index is 0.0664. The molecule has 0 radical (unpaired) electrons. The van der Waals surface area contributed by atoms with E-state index in [2.05, 4.69) is 25.9 Å². The molecule has 3 rings (SSSR count). The van der Waals surface area contributed by atoms with Gasteiger partial charge in [-0.05, 0) is 24.6 Å². The first-order chi connectivity index (χ1) is 11.1. The Balaban J connectivity index is 2.06. The van der Waals surface area contributed by atoms with E-state index < -0.39 is 37.3 Å². The van der Waals surface area contributed by atoms with Crippen LogP contribution in [0.4, 0.5) is 32.2 Å². The zero-order valence-electron chi connectivity index (χ0n) is 11.9. The lowest BCUT2D eigenvalue weighted by molar-refractivity contribution is -0.332. The highest BCUT2D eigenvalue weighted by atomic mass is 79.9. The second-order valence-corrected chi connectivity index (χ2v) is 6.52. The third-order valence-electron chi connectivity index (χ3n) is 4.23. The summed E-state index contributed by atoms with van der Waals surface area (Å²) in [6.45, 7) is -1.60. The van der Waals surface area contributed by atoms with Crippen molar-refractivity contribution in [1.82, 2.24) is 9.97 Å². The average Bonchev–Trinajstić information content (AvgIpc) is 2.92. The van der Waals surface area contributed by atoms with E-state index in [0.29, 0.717) is 15.4 Å². The van der Waals surface area contributed by atoms with Gasteiger partial charge in [-0.2, -0.15) is 26.3 Å². The van der Waals surface area contributed by atoms with Gasteiger partial charge in [-0.15, -0.1) is 0 Å². The van der Waals surface area contributed by atoms with Crippen LogP contribution in [0.1, 0.15) is 6.42 Å².